The van der Waals surface area contributed by atoms with Gasteiger partial charge in [-0.25, -0.2) is 4.98 Å². The molecule has 2 aromatic rings. The van der Waals surface area contributed by atoms with Gasteiger partial charge in [-0.15, -0.1) is 0 Å². The number of ether oxygens (including phenoxy) is 3. The Kier molecular flexibility index (Phi) is 5.22. The first-order valence-corrected chi connectivity index (χ1v) is 9.76. The highest BCUT2D eigenvalue weighted by molar-refractivity contribution is 6.14. The van der Waals surface area contributed by atoms with Crippen LogP contribution >= 0.6 is 0 Å². The molecule has 2 heterocycles. The first-order valence-electron chi connectivity index (χ1n) is 9.76. The lowest BCUT2D eigenvalue weighted by molar-refractivity contribution is 0.111. The fraction of sp³-hybridized carbons (Fsp3) is 0.455. The molecule has 1 aromatic heterocycles. The largest absolute Gasteiger partial charge is 0.493 e. The van der Waals surface area contributed by atoms with Crippen molar-refractivity contribution in [1.29, 1.82) is 0 Å². The highest BCUT2D eigenvalue weighted by Gasteiger charge is 2.37. The summed E-state index contributed by atoms with van der Waals surface area (Å²) < 4.78 is 16.6. The molecule has 0 radical (unpaired) electrons. The Hall–Kier alpha value is -2.60. The van der Waals surface area contributed by atoms with E-state index in [-0.39, 0.29) is 18.1 Å². The third kappa shape index (κ3) is 3.33. The molecule has 1 saturated carbocycles. The SMILES string of the molecule is CCOc1cc2c(cc1OC)C(c1ccc(OC)nc1)=NC1CCC(O)C[C@H]21. The first-order chi connectivity index (χ1) is 13.6. The number of hydrogen-bond donors (Lipinski definition) is 1. The predicted molar refractivity (Wildman–Crippen MR) is 107 cm³/mol. The summed E-state index contributed by atoms with van der Waals surface area (Å²) in [7, 11) is 3.25. The lowest BCUT2D eigenvalue weighted by atomic mass is 9.74. The number of fused-ring (bicyclic) bond motifs is 3. The molecule has 2 unspecified atom stereocenters. The molecule has 0 bridgehead atoms. The quantitative estimate of drug-likeness (QED) is 0.859. The van der Waals surface area contributed by atoms with Crippen LogP contribution in [0.1, 0.15) is 48.8 Å². The summed E-state index contributed by atoms with van der Waals surface area (Å²) in [4.78, 5) is 9.44. The maximum atomic E-state index is 10.3. The number of pyridine rings is 1. The van der Waals surface area contributed by atoms with E-state index in [2.05, 4.69) is 11.1 Å². The summed E-state index contributed by atoms with van der Waals surface area (Å²) in [6, 6.07) is 8.05. The van der Waals surface area contributed by atoms with Gasteiger partial charge in [0.15, 0.2) is 11.5 Å². The summed E-state index contributed by atoms with van der Waals surface area (Å²) in [5.74, 6) is 2.17. The number of nitrogens with zero attached hydrogens (tertiary/aromatic N) is 2. The van der Waals surface area contributed by atoms with Crippen LogP contribution in [0.25, 0.3) is 0 Å². The molecule has 6 heteroatoms. The minimum absolute atomic E-state index is 0.149. The number of aliphatic imine (C=N–C) groups is 1. The molecule has 28 heavy (non-hydrogen) atoms. The molecular weight excluding hydrogens is 356 g/mol. The molecule has 3 atom stereocenters. The zero-order valence-electron chi connectivity index (χ0n) is 16.5. The Bertz CT molecular complexity index is 879. The molecule has 4 rings (SSSR count). The highest BCUT2D eigenvalue weighted by Crippen LogP contribution is 2.44. The maximum absolute atomic E-state index is 10.3. The van der Waals surface area contributed by atoms with Crippen LogP contribution in [0, 0.1) is 0 Å². The van der Waals surface area contributed by atoms with E-state index in [4.69, 9.17) is 19.2 Å². The van der Waals surface area contributed by atoms with Crippen molar-refractivity contribution in [3.05, 3.63) is 47.2 Å². The topological polar surface area (TPSA) is 73.2 Å². The second-order valence-electron chi connectivity index (χ2n) is 7.23. The average Bonchev–Trinajstić information content (AvgIpc) is 2.73. The van der Waals surface area contributed by atoms with Crippen molar-refractivity contribution in [2.75, 3.05) is 20.8 Å². The summed E-state index contributed by atoms with van der Waals surface area (Å²) >= 11 is 0. The number of hydrogen-bond acceptors (Lipinski definition) is 6. The molecule has 1 aromatic carbocycles. The van der Waals surface area contributed by atoms with E-state index in [0.717, 1.165) is 41.0 Å². The lowest BCUT2D eigenvalue weighted by Crippen LogP contribution is -2.34. The van der Waals surface area contributed by atoms with Crippen LogP contribution in [0.3, 0.4) is 0 Å². The zero-order valence-corrected chi connectivity index (χ0v) is 16.5. The minimum Gasteiger partial charge on any atom is -0.493 e. The molecule has 0 spiro atoms. The third-order valence-corrected chi connectivity index (χ3v) is 5.59. The fourth-order valence-corrected chi connectivity index (χ4v) is 4.24. The maximum Gasteiger partial charge on any atom is 0.212 e. The second-order valence-corrected chi connectivity index (χ2v) is 7.23. The van der Waals surface area contributed by atoms with Gasteiger partial charge in [0.2, 0.25) is 5.88 Å². The van der Waals surface area contributed by atoms with E-state index in [1.165, 1.54) is 0 Å². The Morgan fingerprint density at radius 1 is 1.11 bits per heavy atom. The number of methoxy groups -OCH3 is 2. The number of aliphatic hydroxyl groups is 1. The molecule has 0 amide bonds. The van der Waals surface area contributed by atoms with Gasteiger partial charge in [-0.05, 0) is 49.9 Å². The zero-order chi connectivity index (χ0) is 19.7. The van der Waals surface area contributed by atoms with Crippen molar-refractivity contribution in [1.82, 2.24) is 4.98 Å². The number of aliphatic hydroxyl groups excluding tert-OH is 1. The van der Waals surface area contributed by atoms with E-state index in [1.807, 2.05) is 25.1 Å². The van der Waals surface area contributed by atoms with E-state index in [1.54, 1.807) is 20.4 Å². The monoisotopic (exact) mass is 382 g/mol. The van der Waals surface area contributed by atoms with E-state index in [0.29, 0.717) is 24.7 Å². The van der Waals surface area contributed by atoms with Crippen LogP contribution in [0.4, 0.5) is 0 Å². The molecule has 1 fully saturated rings. The molecule has 1 aliphatic carbocycles. The Morgan fingerprint density at radius 3 is 2.64 bits per heavy atom. The van der Waals surface area contributed by atoms with Crippen molar-refractivity contribution in [2.45, 2.75) is 44.2 Å². The number of rotatable bonds is 5. The Balaban J connectivity index is 1.85. The van der Waals surface area contributed by atoms with E-state index < -0.39 is 0 Å². The number of benzene rings is 1. The van der Waals surface area contributed by atoms with Gasteiger partial charge in [0.05, 0.1) is 38.7 Å². The predicted octanol–water partition coefficient (Wildman–Crippen LogP) is 3.35. The van der Waals surface area contributed by atoms with Gasteiger partial charge in [0, 0.05) is 29.3 Å². The normalized spacial score (nSPS) is 23.3. The second kappa shape index (κ2) is 7.80. The van der Waals surface area contributed by atoms with Gasteiger partial charge < -0.3 is 19.3 Å². The number of aromatic nitrogens is 1. The average molecular weight is 382 g/mol. The molecule has 2 aliphatic rings. The first kappa shape index (κ1) is 18.7. The smallest absolute Gasteiger partial charge is 0.212 e. The Labute approximate surface area is 165 Å². The molecule has 6 nitrogen and oxygen atoms in total. The van der Waals surface area contributed by atoms with E-state index in [9.17, 15) is 5.11 Å². The van der Waals surface area contributed by atoms with Crippen LogP contribution in [0.15, 0.2) is 35.5 Å². The van der Waals surface area contributed by atoms with Crippen LogP contribution in [0.2, 0.25) is 0 Å². The fourth-order valence-electron chi connectivity index (χ4n) is 4.24. The highest BCUT2D eigenvalue weighted by atomic mass is 16.5. The van der Waals surface area contributed by atoms with Crippen molar-refractivity contribution in [3.63, 3.8) is 0 Å². The van der Waals surface area contributed by atoms with Gasteiger partial charge in [-0.1, -0.05) is 0 Å². The van der Waals surface area contributed by atoms with Crippen molar-refractivity contribution in [3.8, 4) is 17.4 Å². The van der Waals surface area contributed by atoms with Gasteiger partial charge in [-0.3, -0.25) is 4.99 Å². The van der Waals surface area contributed by atoms with Crippen molar-refractivity contribution in [2.24, 2.45) is 4.99 Å². The summed E-state index contributed by atoms with van der Waals surface area (Å²) in [6.07, 6.45) is 3.87. The summed E-state index contributed by atoms with van der Waals surface area (Å²) in [5, 5.41) is 10.3. The van der Waals surface area contributed by atoms with Crippen LogP contribution in [-0.4, -0.2) is 48.8 Å². The van der Waals surface area contributed by atoms with Gasteiger partial charge in [0.25, 0.3) is 0 Å². The summed E-state index contributed by atoms with van der Waals surface area (Å²) in [6.45, 7) is 2.52. The molecular formula is C22H26N2O4. The van der Waals surface area contributed by atoms with Crippen molar-refractivity contribution < 1.29 is 19.3 Å². The van der Waals surface area contributed by atoms with Gasteiger partial charge >= 0.3 is 0 Å². The van der Waals surface area contributed by atoms with E-state index >= 15 is 0 Å². The van der Waals surface area contributed by atoms with Crippen molar-refractivity contribution >= 4 is 5.71 Å². The van der Waals surface area contributed by atoms with Crippen LogP contribution in [-0.2, 0) is 0 Å². The Morgan fingerprint density at radius 2 is 1.96 bits per heavy atom. The standard InChI is InChI=1S/C22H26N2O4/c1-4-28-20-10-15-16-9-14(25)6-7-18(16)24-22(17(15)11-19(20)26-2)13-5-8-21(27-3)23-12-13/h5,8,10-12,14,16,18,25H,4,6-7,9H2,1-3H3/t14?,16-,18?/m1/s1. The van der Waals surface area contributed by atoms with Crippen LogP contribution < -0.4 is 14.2 Å². The summed E-state index contributed by atoms with van der Waals surface area (Å²) in [5.41, 5.74) is 4.03. The molecule has 0 saturated heterocycles. The van der Waals surface area contributed by atoms with Gasteiger partial charge in [-0.2, -0.15) is 0 Å². The van der Waals surface area contributed by atoms with Gasteiger partial charge in [0.1, 0.15) is 0 Å². The molecule has 148 valence electrons. The lowest BCUT2D eigenvalue weighted by Gasteiger charge is -2.37. The molecule has 1 aliphatic heterocycles. The third-order valence-electron chi connectivity index (χ3n) is 5.59. The van der Waals surface area contributed by atoms with Crippen LogP contribution in [0.5, 0.6) is 17.4 Å². The molecule has 1 N–H and O–H groups in total. The minimum atomic E-state index is -0.286.